The SMILES string of the molecule is CC(C)CNCc1noc2c1COCC2. The molecule has 1 N–H and O–H groups in total. The predicted octanol–water partition coefficient (Wildman–Crippen LogP) is 1.49. The van der Waals surface area contributed by atoms with E-state index < -0.39 is 0 Å². The van der Waals surface area contributed by atoms with Crippen LogP contribution in [0, 0.1) is 5.92 Å². The smallest absolute Gasteiger partial charge is 0.144 e. The fraction of sp³-hybridized carbons (Fsp3) is 0.727. The molecule has 0 atom stereocenters. The maximum Gasteiger partial charge on any atom is 0.144 e. The first-order chi connectivity index (χ1) is 7.27. The van der Waals surface area contributed by atoms with Gasteiger partial charge in [0.15, 0.2) is 0 Å². The van der Waals surface area contributed by atoms with Crippen molar-refractivity contribution in [3.8, 4) is 0 Å². The number of fused-ring (bicyclic) bond motifs is 1. The van der Waals surface area contributed by atoms with Gasteiger partial charge in [-0.15, -0.1) is 0 Å². The van der Waals surface area contributed by atoms with Crippen LogP contribution in [-0.4, -0.2) is 18.3 Å². The molecule has 0 amide bonds. The normalized spacial score (nSPS) is 15.7. The summed E-state index contributed by atoms with van der Waals surface area (Å²) in [7, 11) is 0. The molecular weight excluding hydrogens is 192 g/mol. The summed E-state index contributed by atoms with van der Waals surface area (Å²) in [5.41, 5.74) is 2.16. The first-order valence-corrected chi connectivity index (χ1v) is 5.52. The Morgan fingerprint density at radius 2 is 2.33 bits per heavy atom. The van der Waals surface area contributed by atoms with Crippen LogP contribution in [-0.2, 0) is 24.3 Å². The van der Waals surface area contributed by atoms with Gasteiger partial charge in [-0.25, -0.2) is 0 Å². The Bertz CT molecular complexity index is 320. The van der Waals surface area contributed by atoms with Gasteiger partial charge in [0.25, 0.3) is 0 Å². The average molecular weight is 210 g/mol. The first-order valence-electron chi connectivity index (χ1n) is 5.52. The Morgan fingerprint density at radius 3 is 3.13 bits per heavy atom. The van der Waals surface area contributed by atoms with Gasteiger partial charge in [0.05, 0.1) is 13.2 Å². The molecule has 0 saturated heterocycles. The molecular formula is C11H18N2O2. The van der Waals surface area contributed by atoms with Crippen molar-refractivity contribution in [2.75, 3.05) is 13.2 Å². The van der Waals surface area contributed by atoms with E-state index in [1.165, 1.54) is 0 Å². The lowest BCUT2D eigenvalue weighted by molar-refractivity contribution is 0.102. The van der Waals surface area contributed by atoms with Crippen LogP contribution in [0.3, 0.4) is 0 Å². The van der Waals surface area contributed by atoms with Crippen molar-refractivity contribution >= 4 is 0 Å². The minimum atomic E-state index is 0.650. The van der Waals surface area contributed by atoms with Gasteiger partial charge >= 0.3 is 0 Å². The Balaban J connectivity index is 1.94. The zero-order valence-corrected chi connectivity index (χ0v) is 9.38. The van der Waals surface area contributed by atoms with Crippen LogP contribution in [0.1, 0.15) is 30.9 Å². The third-order valence-electron chi connectivity index (χ3n) is 2.52. The summed E-state index contributed by atoms with van der Waals surface area (Å²) < 4.78 is 10.7. The van der Waals surface area contributed by atoms with E-state index in [0.29, 0.717) is 12.5 Å². The summed E-state index contributed by atoms with van der Waals surface area (Å²) in [5, 5.41) is 7.44. The zero-order valence-electron chi connectivity index (χ0n) is 9.38. The number of hydrogen-bond acceptors (Lipinski definition) is 4. The van der Waals surface area contributed by atoms with Gasteiger partial charge in [0.1, 0.15) is 11.5 Å². The van der Waals surface area contributed by atoms with Gasteiger partial charge in [-0.1, -0.05) is 19.0 Å². The van der Waals surface area contributed by atoms with Gasteiger partial charge in [-0.05, 0) is 12.5 Å². The maximum atomic E-state index is 5.39. The highest BCUT2D eigenvalue weighted by Crippen LogP contribution is 2.20. The number of rotatable bonds is 4. The van der Waals surface area contributed by atoms with Gasteiger partial charge in [0, 0.05) is 18.5 Å². The maximum absolute atomic E-state index is 5.39. The molecule has 2 rings (SSSR count). The summed E-state index contributed by atoms with van der Waals surface area (Å²) in [6.45, 7) is 7.56. The molecule has 0 spiro atoms. The Hall–Kier alpha value is -0.870. The molecule has 2 heterocycles. The molecule has 0 unspecified atom stereocenters. The molecule has 0 aliphatic carbocycles. The lowest BCUT2D eigenvalue weighted by Crippen LogP contribution is -2.20. The minimum Gasteiger partial charge on any atom is -0.376 e. The average Bonchev–Trinajstić information content (AvgIpc) is 2.62. The van der Waals surface area contributed by atoms with E-state index in [1.807, 2.05) is 0 Å². The van der Waals surface area contributed by atoms with Crippen molar-refractivity contribution in [1.29, 1.82) is 0 Å². The molecule has 0 fully saturated rings. The summed E-state index contributed by atoms with van der Waals surface area (Å²) >= 11 is 0. The van der Waals surface area contributed by atoms with E-state index in [1.54, 1.807) is 0 Å². The molecule has 1 aromatic heterocycles. The molecule has 4 heteroatoms. The summed E-state index contributed by atoms with van der Waals surface area (Å²) in [6.07, 6.45) is 0.854. The summed E-state index contributed by atoms with van der Waals surface area (Å²) in [4.78, 5) is 0. The van der Waals surface area contributed by atoms with Crippen LogP contribution in [0.25, 0.3) is 0 Å². The van der Waals surface area contributed by atoms with Crippen LogP contribution in [0.2, 0.25) is 0 Å². The predicted molar refractivity (Wildman–Crippen MR) is 56.4 cm³/mol. The third kappa shape index (κ3) is 2.58. The third-order valence-corrected chi connectivity index (χ3v) is 2.52. The van der Waals surface area contributed by atoms with Crippen molar-refractivity contribution in [2.45, 2.75) is 33.4 Å². The van der Waals surface area contributed by atoms with E-state index in [9.17, 15) is 0 Å². The highest BCUT2D eigenvalue weighted by molar-refractivity contribution is 5.23. The lowest BCUT2D eigenvalue weighted by atomic mass is 10.1. The second-order valence-corrected chi connectivity index (χ2v) is 4.36. The van der Waals surface area contributed by atoms with Gasteiger partial charge in [0.2, 0.25) is 0 Å². The van der Waals surface area contributed by atoms with Crippen LogP contribution in [0.5, 0.6) is 0 Å². The van der Waals surface area contributed by atoms with Crippen LogP contribution < -0.4 is 5.32 Å². The van der Waals surface area contributed by atoms with Crippen molar-refractivity contribution in [3.05, 3.63) is 17.0 Å². The Morgan fingerprint density at radius 1 is 1.47 bits per heavy atom. The molecule has 4 nitrogen and oxygen atoms in total. The Labute approximate surface area is 90.0 Å². The fourth-order valence-corrected chi connectivity index (χ4v) is 1.70. The molecule has 0 saturated carbocycles. The topological polar surface area (TPSA) is 47.3 Å². The van der Waals surface area contributed by atoms with Crippen molar-refractivity contribution in [2.24, 2.45) is 5.92 Å². The molecule has 15 heavy (non-hydrogen) atoms. The molecule has 0 bridgehead atoms. The second-order valence-electron chi connectivity index (χ2n) is 4.36. The fourth-order valence-electron chi connectivity index (χ4n) is 1.70. The van der Waals surface area contributed by atoms with Crippen LogP contribution >= 0.6 is 0 Å². The summed E-state index contributed by atoms with van der Waals surface area (Å²) in [6, 6.07) is 0. The molecule has 0 aromatic carbocycles. The van der Waals surface area contributed by atoms with Crippen LogP contribution in [0.4, 0.5) is 0 Å². The number of nitrogens with one attached hydrogen (secondary N) is 1. The van der Waals surface area contributed by atoms with E-state index in [-0.39, 0.29) is 0 Å². The molecule has 0 radical (unpaired) electrons. The van der Waals surface area contributed by atoms with E-state index in [4.69, 9.17) is 9.26 Å². The lowest BCUT2D eigenvalue weighted by Gasteiger charge is -2.11. The quantitative estimate of drug-likeness (QED) is 0.818. The Kier molecular flexibility index (Phi) is 3.38. The second kappa shape index (κ2) is 4.77. The monoisotopic (exact) mass is 210 g/mol. The highest BCUT2D eigenvalue weighted by atomic mass is 16.5. The summed E-state index contributed by atoms with van der Waals surface area (Å²) in [5.74, 6) is 1.66. The molecule has 1 aromatic rings. The first kappa shape index (κ1) is 10.6. The molecule has 84 valence electrons. The number of ether oxygens (including phenoxy) is 1. The van der Waals surface area contributed by atoms with Crippen molar-refractivity contribution < 1.29 is 9.26 Å². The van der Waals surface area contributed by atoms with Gasteiger partial charge in [-0.3, -0.25) is 0 Å². The largest absolute Gasteiger partial charge is 0.376 e. The van der Waals surface area contributed by atoms with Crippen molar-refractivity contribution in [1.82, 2.24) is 10.5 Å². The minimum absolute atomic E-state index is 0.650. The number of hydrogen-bond donors (Lipinski definition) is 1. The zero-order chi connectivity index (χ0) is 10.7. The van der Waals surface area contributed by atoms with Crippen LogP contribution in [0.15, 0.2) is 4.52 Å². The standard InChI is InChI=1S/C11H18N2O2/c1-8(2)5-12-6-10-9-7-14-4-3-11(9)15-13-10/h8,12H,3-7H2,1-2H3. The van der Waals surface area contributed by atoms with Gasteiger partial charge in [-0.2, -0.15) is 0 Å². The van der Waals surface area contributed by atoms with E-state index >= 15 is 0 Å². The number of nitrogens with zero attached hydrogens (tertiary/aromatic N) is 1. The highest BCUT2D eigenvalue weighted by Gasteiger charge is 2.19. The van der Waals surface area contributed by atoms with Crippen molar-refractivity contribution in [3.63, 3.8) is 0 Å². The van der Waals surface area contributed by atoms with E-state index in [2.05, 4.69) is 24.3 Å². The molecule has 1 aliphatic rings. The van der Waals surface area contributed by atoms with Gasteiger partial charge < -0.3 is 14.6 Å². The number of aromatic nitrogens is 1. The molecule has 1 aliphatic heterocycles. The van der Waals surface area contributed by atoms with E-state index in [0.717, 1.165) is 43.1 Å².